The lowest BCUT2D eigenvalue weighted by molar-refractivity contribution is -0.120. The van der Waals surface area contributed by atoms with Gasteiger partial charge in [0.1, 0.15) is 0 Å². The van der Waals surface area contributed by atoms with Gasteiger partial charge in [0.2, 0.25) is 11.7 Å². The molecule has 1 aromatic carbocycles. The van der Waals surface area contributed by atoms with E-state index in [1.807, 2.05) is 0 Å². The number of allylic oxidation sites excluding steroid dienone is 2. The number of carbonyl (C=O) groups is 1. The van der Waals surface area contributed by atoms with Crippen molar-refractivity contribution in [3.63, 3.8) is 0 Å². The third kappa shape index (κ3) is 2.51. The van der Waals surface area contributed by atoms with Crippen LogP contribution in [0, 0.1) is 17.8 Å². The molecule has 5 nitrogen and oxygen atoms in total. The van der Waals surface area contributed by atoms with E-state index in [-0.39, 0.29) is 11.8 Å². The molecule has 118 valence electrons. The molecule has 0 aromatic heterocycles. The SMILES string of the molecule is COc1cc(NC(=O)C2CC3C=CC2C3)cc(OC)c1OC. The van der Waals surface area contributed by atoms with Gasteiger partial charge < -0.3 is 19.5 Å². The van der Waals surface area contributed by atoms with Crippen LogP contribution in [-0.2, 0) is 4.79 Å². The molecule has 1 fully saturated rings. The number of amides is 1. The van der Waals surface area contributed by atoms with Gasteiger partial charge in [0.05, 0.1) is 21.3 Å². The fourth-order valence-corrected chi connectivity index (χ4v) is 3.47. The van der Waals surface area contributed by atoms with Crippen LogP contribution in [0.2, 0.25) is 0 Å². The normalized spacial score (nSPS) is 25.1. The summed E-state index contributed by atoms with van der Waals surface area (Å²) in [4.78, 5) is 12.5. The number of carbonyl (C=O) groups excluding carboxylic acids is 1. The molecule has 1 N–H and O–H groups in total. The highest BCUT2D eigenvalue weighted by atomic mass is 16.5. The average Bonchev–Trinajstić information content (AvgIpc) is 3.16. The zero-order valence-electron chi connectivity index (χ0n) is 13.1. The van der Waals surface area contributed by atoms with Crippen molar-refractivity contribution in [1.29, 1.82) is 0 Å². The molecular formula is C17H21NO4. The molecule has 1 saturated carbocycles. The summed E-state index contributed by atoms with van der Waals surface area (Å²) < 4.78 is 15.9. The zero-order chi connectivity index (χ0) is 15.7. The van der Waals surface area contributed by atoms with E-state index < -0.39 is 0 Å². The van der Waals surface area contributed by atoms with Gasteiger partial charge in [0.15, 0.2) is 11.5 Å². The fourth-order valence-electron chi connectivity index (χ4n) is 3.47. The summed E-state index contributed by atoms with van der Waals surface area (Å²) in [6.07, 6.45) is 6.45. The summed E-state index contributed by atoms with van der Waals surface area (Å²) >= 11 is 0. The second kappa shape index (κ2) is 5.91. The number of ether oxygens (including phenoxy) is 3. The smallest absolute Gasteiger partial charge is 0.228 e. The van der Waals surface area contributed by atoms with Gasteiger partial charge in [-0.25, -0.2) is 0 Å². The van der Waals surface area contributed by atoms with Crippen molar-refractivity contribution < 1.29 is 19.0 Å². The molecule has 3 rings (SSSR count). The summed E-state index contributed by atoms with van der Waals surface area (Å²) in [6, 6.07) is 3.50. The molecular weight excluding hydrogens is 282 g/mol. The Morgan fingerprint density at radius 2 is 1.73 bits per heavy atom. The van der Waals surface area contributed by atoms with Crippen molar-refractivity contribution >= 4 is 11.6 Å². The number of nitrogens with one attached hydrogen (secondary N) is 1. The Hall–Kier alpha value is -2.17. The van der Waals surface area contributed by atoms with Crippen LogP contribution in [0.5, 0.6) is 17.2 Å². The second-order valence-corrected chi connectivity index (χ2v) is 5.79. The predicted octanol–water partition coefficient (Wildman–Crippen LogP) is 2.86. The molecule has 0 spiro atoms. The van der Waals surface area contributed by atoms with Crippen LogP contribution in [0.25, 0.3) is 0 Å². The van der Waals surface area contributed by atoms with E-state index in [0.717, 1.165) is 12.8 Å². The number of hydrogen-bond donors (Lipinski definition) is 1. The highest BCUT2D eigenvalue weighted by Crippen LogP contribution is 2.44. The molecule has 2 aliphatic carbocycles. The molecule has 0 aliphatic heterocycles. The molecule has 22 heavy (non-hydrogen) atoms. The van der Waals surface area contributed by atoms with Gasteiger partial charge in [0.25, 0.3) is 0 Å². The molecule has 5 heteroatoms. The minimum Gasteiger partial charge on any atom is -0.493 e. The minimum atomic E-state index is 0.0612. The first-order valence-corrected chi connectivity index (χ1v) is 7.45. The van der Waals surface area contributed by atoms with Crippen molar-refractivity contribution in [3.8, 4) is 17.2 Å². The van der Waals surface area contributed by atoms with Gasteiger partial charge in [-0.05, 0) is 24.7 Å². The largest absolute Gasteiger partial charge is 0.493 e. The molecule has 0 heterocycles. The first-order chi connectivity index (χ1) is 10.7. The topological polar surface area (TPSA) is 56.8 Å². The van der Waals surface area contributed by atoms with Gasteiger partial charge in [-0.1, -0.05) is 12.2 Å². The van der Waals surface area contributed by atoms with Crippen LogP contribution >= 0.6 is 0 Å². The Bertz CT molecular complexity index is 586. The highest BCUT2D eigenvalue weighted by molar-refractivity contribution is 5.94. The first-order valence-electron chi connectivity index (χ1n) is 7.45. The maximum absolute atomic E-state index is 12.5. The third-order valence-electron chi connectivity index (χ3n) is 4.55. The van der Waals surface area contributed by atoms with Crippen LogP contribution < -0.4 is 19.5 Å². The highest BCUT2D eigenvalue weighted by Gasteiger charge is 2.39. The third-order valence-corrected chi connectivity index (χ3v) is 4.55. The van der Waals surface area contributed by atoms with E-state index in [1.165, 1.54) is 0 Å². The molecule has 1 amide bonds. The second-order valence-electron chi connectivity index (χ2n) is 5.79. The molecule has 2 aliphatic rings. The Morgan fingerprint density at radius 1 is 1.05 bits per heavy atom. The number of anilines is 1. The molecule has 1 aromatic rings. The van der Waals surface area contributed by atoms with Gasteiger partial charge >= 0.3 is 0 Å². The van der Waals surface area contributed by atoms with Crippen molar-refractivity contribution in [1.82, 2.24) is 0 Å². The van der Waals surface area contributed by atoms with Crippen LogP contribution in [0.3, 0.4) is 0 Å². The molecule has 3 unspecified atom stereocenters. The van der Waals surface area contributed by atoms with Crippen LogP contribution in [0.4, 0.5) is 5.69 Å². The summed E-state index contributed by atoms with van der Waals surface area (Å²) in [5, 5.41) is 2.98. The van der Waals surface area contributed by atoms with E-state index in [2.05, 4.69) is 17.5 Å². The number of methoxy groups -OCH3 is 3. The summed E-state index contributed by atoms with van der Waals surface area (Å²) in [5.41, 5.74) is 0.659. The lowest BCUT2D eigenvalue weighted by Gasteiger charge is -2.19. The van der Waals surface area contributed by atoms with Gasteiger partial charge in [-0.15, -0.1) is 0 Å². The number of fused-ring (bicyclic) bond motifs is 2. The Balaban J connectivity index is 1.80. The van der Waals surface area contributed by atoms with E-state index in [4.69, 9.17) is 14.2 Å². The minimum absolute atomic E-state index is 0.0612. The Kier molecular flexibility index (Phi) is 3.96. The van der Waals surface area contributed by atoms with Crippen molar-refractivity contribution in [2.75, 3.05) is 26.6 Å². The van der Waals surface area contributed by atoms with E-state index in [1.54, 1.807) is 33.5 Å². The van der Waals surface area contributed by atoms with Crippen molar-refractivity contribution in [2.45, 2.75) is 12.8 Å². The molecule has 3 atom stereocenters. The van der Waals surface area contributed by atoms with Crippen molar-refractivity contribution in [2.24, 2.45) is 17.8 Å². The summed E-state index contributed by atoms with van der Waals surface area (Å²) in [5.74, 6) is 2.66. The van der Waals surface area contributed by atoms with Gasteiger partial charge in [-0.2, -0.15) is 0 Å². The first kappa shape index (κ1) is 14.8. The Labute approximate surface area is 130 Å². The lowest BCUT2D eigenvalue weighted by Crippen LogP contribution is -2.25. The molecule has 2 bridgehead atoms. The van der Waals surface area contributed by atoms with Crippen molar-refractivity contribution in [3.05, 3.63) is 24.3 Å². The number of benzene rings is 1. The standard InChI is InChI=1S/C17H21NO4/c1-20-14-8-12(9-15(21-2)16(14)22-3)18-17(19)13-7-10-4-5-11(13)6-10/h4-5,8-11,13H,6-7H2,1-3H3,(H,18,19). The molecule has 0 saturated heterocycles. The quantitative estimate of drug-likeness (QED) is 0.850. The van der Waals surface area contributed by atoms with Crippen LogP contribution in [0.1, 0.15) is 12.8 Å². The van der Waals surface area contributed by atoms with Gasteiger partial charge in [-0.3, -0.25) is 4.79 Å². The van der Waals surface area contributed by atoms with Gasteiger partial charge in [0, 0.05) is 23.7 Å². The van der Waals surface area contributed by atoms with E-state index >= 15 is 0 Å². The van der Waals surface area contributed by atoms with E-state index in [0.29, 0.717) is 34.8 Å². The number of hydrogen-bond acceptors (Lipinski definition) is 4. The average molecular weight is 303 g/mol. The molecule has 0 radical (unpaired) electrons. The monoisotopic (exact) mass is 303 g/mol. The maximum Gasteiger partial charge on any atom is 0.228 e. The zero-order valence-corrected chi connectivity index (χ0v) is 13.1. The fraction of sp³-hybridized carbons (Fsp3) is 0.471. The lowest BCUT2D eigenvalue weighted by atomic mass is 9.93. The summed E-state index contributed by atoms with van der Waals surface area (Å²) in [7, 11) is 4.67. The summed E-state index contributed by atoms with van der Waals surface area (Å²) in [6.45, 7) is 0. The Morgan fingerprint density at radius 3 is 2.18 bits per heavy atom. The predicted molar refractivity (Wildman–Crippen MR) is 83.6 cm³/mol. The number of rotatable bonds is 5. The maximum atomic E-state index is 12.5. The van der Waals surface area contributed by atoms with E-state index in [9.17, 15) is 4.79 Å². The van der Waals surface area contributed by atoms with Crippen LogP contribution in [-0.4, -0.2) is 27.2 Å². The van der Waals surface area contributed by atoms with Crippen LogP contribution in [0.15, 0.2) is 24.3 Å².